The van der Waals surface area contributed by atoms with Crippen LogP contribution >= 0.6 is 0 Å². The van der Waals surface area contributed by atoms with Crippen molar-refractivity contribution in [2.45, 2.75) is 0 Å². The highest BCUT2D eigenvalue weighted by Gasteiger charge is 2.19. The average Bonchev–Trinajstić information content (AvgIpc) is 3.83. The molecule has 0 spiro atoms. The lowest BCUT2D eigenvalue weighted by molar-refractivity contribution is 0.791. The van der Waals surface area contributed by atoms with E-state index in [1.807, 2.05) is 60.8 Å². The Morgan fingerprint density at radius 3 is 1.11 bits per heavy atom. The Kier molecular flexibility index (Phi) is 11.6. The van der Waals surface area contributed by atoms with Crippen molar-refractivity contribution >= 4 is 76.5 Å². The normalized spacial score (nSPS) is 11.6. The second-order valence-corrected chi connectivity index (χ2v) is 21.0. The van der Waals surface area contributed by atoms with Crippen LogP contribution in [-0.4, -0.2) is 43.9 Å². The summed E-state index contributed by atoms with van der Waals surface area (Å²) in [7, 11) is 0. The lowest BCUT2D eigenvalue weighted by Crippen LogP contribution is -2.00. The molecule has 0 saturated carbocycles. The third kappa shape index (κ3) is 8.29. The van der Waals surface area contributed by atoms with E-state index >= 15 is 0 Å². The van der Waals surface area contributed by atoms with E-state index in [1.54, 1.807) is 4.68 Å². The van der Waals surface area contributed by atoms with E-state index in [4.69, 9.17) is 4.98 Å². The van der Waals surface area contributed by atoms with Crippen LogP contribution < -0.4 is 0 Å². The molecule has 17 aromatic rings. The molecule has 84 heavy (non-hydrogen) atoms. The topological polar surface area (TPSA) is 84.2 Å². The number of hydrogen-bond acceptors (Lipinski definition) is 5. The van der Waals surface area contributed by atoms with Gasteiger partial charge in [-0.3, -0.25) is 4.98 Å². The fourth-order valence-corrected chi connectivity index (χ4v) is 12.3. The number of nitrogens with zero attached hydrogens (tertiary/aromatic N) is 9. The lowest BCUT2D eigenvalue weighted by atomic mass is 10.0. The van der Waals surface area contributed by atoms with Crippen LogP contribution in [0.15, 0.2) is 297 Å². The molecule has 394 valence electrons. The van der Waals surface area contributed by atoms with Crippen molar-refractivity contribution in [3.63, 3.8) is 0 Å². The molecule has 5 heterocycles. The van der Waals surface area contributed by atoms with Crippen molar-refractivity contribution in [2.24, 2.45) is 0 Å². The van der Waals surface area contributed by atoms with Crippen LogP contribution in [0.1, 0.15) is 0 Å². The Balaban J connectivity index is 0.000000143. The molecule has 0 bridgehead atoms. The smallest absolute Gasteiger partial charge is 0.187 e. The zero-order chi connectivity index (χ0) is 55.5. The van der Waals surface area contributed by atoms with E-state index < -0.39 is 0 Å². The molecule has 0 saturated heterocycles. The van der Waals surface area contributed by atoms with Gasteiger partial charge in [-0.15, -0.1) is 5.10 Å². The van der Waals surface area contributed by atoms with Gasteiger partial charge < -0.3 is 13.7 Å². The van der Waals surface area contributed by atoms with Crippen LogP contribution in [0.25, 0.3) is 144 Å². The number of hydrogen-bond donors (Lipinski definition) is 0. The first kappa shape index (κ1) is 48.4. The van der Waals surface area contributed by atoms with Crippen molar-refractivity contribution in [3.05, 3.63) is 297 Å². The molecule has 0 unspecified atom stereocenters. The van der Waals surface area contributed by atoms with Crippen LogP contribution in [-0.2, 0) is 0 Å². The Labute approximate surface area is 482 Å². The maximum Gasteiger partial charge on any atom is 0.187 e. The van der Waals surface area contributed by atoms with Crippen molar-refractivity contribution in [2.75, 3.05) is 0 Å². The second kappa shape index (κ2) is 20.2. The van der Waals surface area contributed by atoms with Gasteiger partial charge in [0, 0.05) is 60.5 Å². The van der Waals surface area contributed by atoms with Gasteiger partial charge in [0.15, 0.2) is 5.82 Å². The van der Waals surface area contributed by atoms with Gasteiger partial charge in [-0.25, -0.2) is 4.98 Å². The van der Waals surface area contributed by atoms with Gasteiger partial charge in [-0.1, -0.05) is 200 Å². The number of aromatic nitrogens is 9. The highest BCUT2D eigenvalue weighted by Crippen LogP contribution is 2.39. The minimum absolute atomic E-state index is 0.721. The van der Waals surface area contributed by atoms with E-state index in [2.05, 4.69) is 271 Å². The molecule has 0 amide bonds. The van der Waals surface area contributed by atoms with Crippen LogP contribution in [0, 0.1) is 0 Å². The fourth-order valence-electron chi connectivity index (χ4n) is 12.3. The molecular weight excluding hydrogens is 1030 g/mol. The molecule has 0 fully saturated rings. The van der Waals surface area contributed by atoms with Crippen molar-refractivity contribution in [3.8, 4) is 67.6 Å². The summed E-state index contributed by atoms with van der Waals surface area (Å²) in [4.78, 5) is 9.54. The summed E-state index contributed by atoms with van der Waals surface area (Å²) < 4.78 is 8.92. The van der Waals surface area contributed by atoms with Crippen LogP contribution in [0.4, 0.5) is 0 Å². The first-order valence-electron chi connectivity index (χ1n) is 28.1. The zero-order valence-corrected chi connectivity index (χ0v) is 45.3. The maximum atomic E-state index is 4.89. The highest BCUT2D eigenvalue weighted by molar-refractivity contribution is 6.11. The van der Waals surface area contributed by atoms with Gasteiger partial charge in [-0.05, 0) is 124 Å². The standard InChI is InChI=1S/C44H28N4.C31H21N5/c1-7-17-41-34(11-1)35-12-2-8-18-42(35)47(41)32-25-31(29-21-23-30(24-22-29)40-28-45-38-15-5-6-16-39(38)46-40)26-33(27-32)48-43-19-9-3-13-36(43)37-14-4-10-20-44(37)48;1-2-8-24(9-3-1)31-32-33-34-36(31)26-20-16-23(17-21-26)22-14-18-25(19-15-22)35-29-12-6-4-10-27(29)28-11-5-7-13-30(28)35/h1-28H;1-21H. The van der Waals surface area contributed by atoms with E-state index in [9.17, 15) is 0 Å². The monoisotopic (exact) mass is 1080 g/mol. The van der Waals surface area contributed by atoms with Gasteiger partial charge in [0.05, 0.1) is 61.7 Å². The highest BCUT2D eigenvalue weighted by atomic mass is 15.5. The quantitative estimate of drug-likeness (QED) is 0.151. The molecule has 5 aromatic heterocycles. The predicted molar refractivity (Wildman–Crippen MR) is 343 cm³/mol. The fraction of sp³-hybridized carbons (Fsp3) is 0. The van der Waals surface area contributed by atoms with E-state index in [1.165, 1.54) is 65.4 Å². The van der Waals surface area contributed by atoms with E-state index in [0.29, 0.717) is 0 Å². The summed E-state index contributed by atoms with van der Waals surface area (Å²) in [5.74, 6) is 0.721. The summed E-state index contributed by atoms with van der Waals surface area (Å²) in [6.07, 6.45) is 1.86. The van der Waals surface area contributed by atoms with Gasteiger partial charge in [0.2, 0.25) is 0 Å². The Bertz CT molecular complexity index is 5010. The predicted octanol–water partition coefficient (Wildman–Crippen LogP) is 18.3. The molecule has 12 aromatic carbocycles. The molecule has 9 nitrogen and oxygen atoms in total. The maximum absolute atomic E-state index is 4.89. The number of para-hydroxylation sites is 8. The SMILES string of the molecule is c1ccc(-c2nnnn2-c2ccc(-c3ccc(-n4c5ccccc5c5ccccc54)cc3)cc2)cc1.c1ccc2nc(-c3ccc(-c4cc(-n5c6ccccc6c6ccccc65)cc(-n5c6ccccc6c6ccccc65)c4)cc3)cnc2c1. The first-order valence-corrected chi connectivity index (χ1v) is 28.1. The second-order valence-electron chi connectivity index (χ2n) is 21.0. The summed E-state index contributed by atoms with van der Waals surface area (Å²) in [5, 5.41) is 19.9. The Morgan fingerprint density at radius 2 is 0.631 bits per heavy atom. The average molecular weight is 1080 g/mol. The van der Waals surface area contributed by atoms with Crippen LogP contribution in [0.2, 0.25) is 0 Å². The third-order valence-corrected chi connectivity index (χ3v) is 16.2. The van der Waals surface area contributed by atoms with Gasteiger partial charge in [0.1, 0.15) is 0 Å². The van der Waals surface area contributed by atoms with Crippen molar-refractivity contribution < 1.29 is 0 Å². The molecule has 0 atom stereocenters. The van der Waals surface area contributed by atoms with Crippen molar-refractivity contribution in [1.82, 2.24) is 43.9 Å². The van der Waals surface area contributed by atoms with Crippen LogP contribution in [0.3, 0.4) is 0 Å². The molecule has 0 N–H and O–H groups in total. The molecule has 0 radical (unpaired) electrons. The minimum atomic E-state index is 0.721. The first-order chi connectivity index (χ1) is 41.7. The number of fused-ring (bicyclic) bond motifs is 10. The summed E-state index contributed by atoms with van der Waals surface area (Å²) in [6, 6.07) is 103. The van der Waals surface area contributed by atoms with Gasteiger partial charge >= 0.3 is 0 Å². The van der Waals surface area contributed by atoms with Crippen molar-refractivity contribution in [1.29, 1.82) is 0 Å². The summed E-state index contributed by atoms with van der Waals surface area (Å²) in [5.41, 5.74) is 20.7. The van der Waals surface area contributed by atoms with E-state index in [-0.39, 0.29) is 0 Å². The minimum Gasteiger partial charge on any atom is -0.309 e. The summed E-state index contributed by atoms with van der Waals surface area (Å²) in [6.45, 7) is 0. The number of tetrazole rings is 1. The zero-order valence-electron chi connectivity index (χ0n) is 45.3. The molecule has 9 heteroatoms. The third-order valence-electron chi connectivity index (χ3n) is 16.2. The molecule has 0 aliphatic carbocycles. The largest absolute Gasteiger partial charge is 0.309 e. The van der Waals surface area contributed by atoms with Gasteiger partial charge in [-0.2, -0.15) is 4.68 Å². The molecule has 0 aliphatic heterocycles. The summed E-state index contributed by atoms with van der Waals surface area (Å²) >= 11 is 0. The number of rotatable bonds is 8. The Morgan fingerprint density at radius 1 is 0.262 bits per heavy atom. The lowest BCUT2D eigenvalue weighted by Gasteiger charge is -2.16. The number of benzene rings is 12. The van der Waals surface area contributed by atoms with Gasteiger partial charge in [0.25, 0.3) is 0 Å². The molecule has 17 rings (SSSR count). The molecular formula is C75H49N9. The Hall–Kier alpha value is -11.6. The molecule has 0 aliphatic rings. The van der Waals surface area contributed by atoms with Crippen LogP contribution in [0.5, 0.6) is 0 Å². The van der Waals surface area contributed by atoms with E-state index in [0.717, 1.165) is 78.7 Å².